The number of ketones is 1. The summed E-state index contributed by atoms with van der Waals surface area (Å²) < 4.78 is 1.48. The fraction of sp³-hybridized carbons (Fsp3) is 0.517. The number of Topliss-reactive ketones (excluding diaryl/α,β-unsaturated/α-hetero) is 1. The van der Waals surface area contributed by atoms with Crippen LogP contribution < -0.4 is 0 Å². The van der Waals surface area contributed by atoms with E-state index in [1.807, 2.05) is 29.7 Å². The van der Waals surface area contributed by atoms with E-state index in [-0.39, 0.29) is 11.8 Å². The van der Waals surface area contributed by atoms with Crippen molar-refractivity contribution in [2.45, 2.75) is 69.6 Å². The van der Waals surface area contributed by atoms with Crippen LogP contribution in [0.3, 0.4) is 0 Å². The number of likely N-dealkylation sites (tertiary alicyclic amines) is 1. The zero-order valence-corrected chi connectivity index (χ0v) is 20.4. The van der Waals surface area contributed by atoms with Gasteiger partial charge < -0.3 is 4.90 Å². The van der Waals surface area contributed by atoms with E-state index in [0.29, 0.717) is 11.7 Å². The predicted molar refractivity (Wildman–Crippen MR) is 138 cm³/mol. The summed E-state index contributed by atoms with van der Waals surface area (Å²) in [6, 6.07) is 15.1. The number of nitrogens with zero attached hydrogens (tertiary/aromatic N) is 2. The number of benzene rings is 1. The van der Waals surface area contributed by atoms with Crippen molar-refractivity contribution < 1.29 is 4.79 Å². The average molecular weight is 461 g/mol. The molecule has 0 bridgehead atoms. The third-order valence-corrected chi connectivity index (χ3v) is 8.88. The highest BCUT2D eigenvalue weighted by Gasteiger charge is 2.30. The smallest absolute Gasteiger partial charge is 0.145 e. The van der Waals surface area contributed by atoms with Crippen LogP contribution in [0.5, 0.6) is 0 Å². The molecule has 1 saturated carbocycles. The van der Waals surface area contributed by atoms with Crippen molar-refractivity contribution in [2.75, 3.05) is 19.6 Å². The normalized spacial score (nSPS) is 21.6. The van der Waals surface area contributed by atoms with E-state index in [0.717, 1.165) is 44.6 Å². The highest BCUT2D eigenvalue weighted by Crippen LogP contribution is 2.36. The molecular formula is C29H36N2OS. The number of carbonyl (C=O) groups is 1. The molecule has 4 heteroatoms. The van der Waals surface area contributed by atoms with Gasteiger partial charge in [-0.15, -0.1) is 11.3 Å². The quantitative estimate of drug-likeness (QED) is 0.374. The first kappa shape index (κ1) is 22.7. The Kier molecular flexibility index (Phi) is 7.53. The number of rotatable bonds is 7. The molecule has 1 aliphatic heterocycles. The van der Waals surface area contributed by atoms with Gasteiger partial charge in [0.25, 0.3) is 0 Å². The molecule has 5 rings (SSSR count). The number of pyridine rings is 1. The second kappa shape index (κ2) is 10.9. The van der Waals surface area contributed by atoms with Gasteiger partial charge in [-0.05, 0) is 98.6 Å². The van der Waals surface area contributed by atoms with Crippen LogP contribution in [-0.2, 0) is 4.79 Å². The number of fused-ring (bicyclic) bond motifs is 1. The number of hydrogen-bond acceptors (Lipinski definition) is 4. The first-order valence-electron chi connectivity index (χ1n) is 12.9. The summed E-state index contributed by atoms with van der Waals surface area (Å²) in [5.74, 6) is 1.29. The molecule has 1 saturated heterocycles. The van der Waals surface area contributed by atoms with Gasteiger partial charge in [0.1, 0.15) is 5.78 Å². The molecule has 33 heavy (non-hydrogen) atoms. The van der Waals surface area contributed by atoms with Gasteiger partial charge in [0.05, 0.1) is 11.6 Å². The standard InChI is InChI=1S/C29H36N2OS/c32-28(23-8-2-1-3-9-23)26(27-13-4-5-17-30-27)15-20-31-18-7-11-22(14-19-31)25-12-6-10-24-16-21-33-29(24)25/h4-6,10,12-13,16-17,21-23,26H,1-3,7-9,11,14-15,18-20H2. The molecule has 0 spiro atoms. The molecule has 2 unspecified atom stereocenters. The molecule has 0 N–H and O–H groups in total. The molecule has 3 aromatic rings. The number of carbonyl (C=O) groups excluding carboxylic acids is 1. The molecule has 2 atom stereocenters. The minimum Gasteiger partial charge on any atom is -0.303 e. The Morgan fingerprint density at radius 1 is 0.970 bits per heavy atom. The molecule has 1 aliphatic carbocycles. The lowest BCUT2D eigenvalue weighted by Gasteiger charge is -2.27. The van der Waals surface area contributed by atoms with Crippen LogP contribution in [0.1, 0.15) is 80.9 Å². The molecule has 1 aromatic carbocycles. The van der Waals surface area contributed by atoms with E-state index in [2.05, 4.69) is 45.6 Å². The Labute approximate surface area is 202 Å². The summed E-state index contributed by atoms with van der Waals surface area (Å²) >= 11 is 1.89. The largest absolute Gasteiger partial charge is 0.303 e. The van der Waals surface area contributed by atoms with E-state index < -0.39 is 0 Å². The van der Waals surface area contributed by atoms with Crippen LogP contribution in [0, 0.1) is 5.92 Å². The van der Waals surface area contributed by atoms with E-state index in [1.165, 1.54) is 48.6 Å². The summed E-state index contributed by atoms with van der Waals surface area (Å²) in [5, 5.41) is 3.61. The molecule has 3 nitrogen and oxygen atoms in total. The Balaban J connectivity index is 1.24. The van der Waals surface area contributed by atoms with Crippen LogP contribution in [0.25, 0.3) is 10.1 Å². The second-order valence-electron chi connectivity index (χ2n) is 9.99. The van der Waals surface area contributed by atoms with Crippen molar-refractivity contribution in [3.05, 3.63) is 65.3 Å². The first-order valence-corrected chi connectivity index (χ1v) is 13.8. The Hall–Kier alpha value is -2.04. The maximum Gasteiger partial charge on any atom is 0.145 e. The lowest BCUT2D eigenvalue weighted by atomic mass is 9.79. The highest BCUT2D eigenvalue weighted by atomic mass is 32.1. The van der Waals surface area contributed by atoms with Crippen molar-refractivity contribution in [1.82, 2.24) is 9.88 Å². The van der Waals surface area contributed by atoms with Gasteiger partial charge in [0.15, 0.2) is 0 Å². The van der Waals surface area contributed by atoms with Crippen molar-refractivity contribution in [3.8, 4) is 0 Å². The minimum atomic E-state index is -0.0479. The third-order valence-electron chi connectivity index (χ3n) is 7.90. The molecule has 2 aromatic heterocycles. The van der Waals surface area contributed by atoms with Crippen LogP contribution >= 0.6 is 11.3 Å². The molecule has 2 aliphatic rings. The predicted octanol–water partition coefficient (Wildman–Crippen LogP) is 7.19. The highest BCUT2D eigenvalue weighted by molar-refractivity contribution is 7.17. The van der Waals surface area contributed by atoms with Crippen molar-refractivity contribution in [3.63, 3.8) is 0 Å². The van der Waals surface area contributed by atoms with Gasteiger partial charge in [0, 0.05) is 16.8 Å². The Morgan fingerprint density at radius 2 is 1.88 bits per heavy atom. The van der Waals surface area contributed by atoms with Crippen LogP contribution in [0.15, 0.2) is 54.0 Å². The monoisotopic (exact) mass is 460 g/mol. The number of aromatic nitrogens is 1. The number of thiophene rings is 1. The summed E-state index contributed by atoms with van der Waals surface area (Å²) in [5.41, 5.74) is 2.52. The molecule has 3 heterocycles. The molecule has 2 fully saturated rings. The van der Waals surface area contributed by atoms with Crippen molar-refractivity contribution in [2.24, 2.45) is 5.92 Å². The fourth-order valence-corrected chi connectivity index (χ4v) is 7.02. The second-order valence-corrected chi connectivity index (χ2v) is 10.9. The van der Waals surface area contributed by atoms with Crippen LogP contribution in [0.4, 0.5) is 0 Å². The van der Waals surface area contributed by atoms with Gasteiger partial charge in [-0.1, -0.05) is 43.5 Å². The lowest BCUT2D eigenvalue weighted by molar-refractivity contribution is -0.125. The maximum atomic E-state index is 13.5. The fourth-order valence-electron chi connectivity index (χ4n) is 6.03. The summed E-state index contributed by atoms with van der Waals surface area (Å²) in [4.78, 5) is 20.7. The van der Waals surface area contributed by atoms with Crippen LogP contribution in [-0.4, -0.2) is 35.3 Å². The van der Waals surface area contributed by atoms with Gasteiger partial charge in [0.2, 0.25) is 0 Å². The van der Waals surface area contributed by atoms with Gasteiger partial charge in [-0.3, -0.25) is 9.78 Å². The molecular weight excluding hydrogens is 424 g/mol. The SMILES string of the molecule is O=C(C1CCCCC1)C(CCN1CCCC(c2cccc3ccsc23)CC1)c1ccccn1. The zero-order valence-electron chi connectivity index (χ0n) is 19.6. The number of hydrogen-bond donors (Lipinski definition) is 0. The minimum absolute atomic E-state index is 0.0479. The van der Waals surface area contributed by atoms with E-state index in [4.69, 9.17) is 0 Å². The Bertz CT molecular complexity index is 1040. The summed E-state index contributed by atoms with van der Waals surface area (Å²) in [7, 11) is 0. The zero-order chi connectivity index (χ0) is 22.5. The first-order chi connectivity index (χ1) is 16.3. The summed E-state index contributed by atoms with van der Waals surface area (Å²) in [6.07, 6.45) is 12.3. The topological polar surface area (TPSA) is 33.2 Å². The third kappa shape index (κ3) is 5.38. The Morgan fingerprint density at radius 3 is 2.73 bits per heavy atom. The van der Waals surface area contributed by atoms with Gasteiger partial charge in [-0.25, -0.2) is 0 Å². The molecule has 0 amide bonds. The van der Waals surface area contributed by atoms with Gasteiger partial charge in [-0.2, -0.15) is 0 Å². The van der Waals surface area contributed by atoms with E-state index in [1.54, 1.807) is 5.56 Å². The van der Waals surface area contributed by atoms with Crippen molar-refractivity contribution >= 4 is 27.2 Å². The lowest BCUT2D eigenvalue weighted by Crippen LogP contribution is -2.31. The van der Waals surface area contributed by atoms with E-state index >= 15 is 0 Å². The van der Waals surface area contributed by atoms with E-state index in [9.17, 15) is 4.79 Å². The van der Waals surface area contributed by atoms with Gasteiger partial charge >= 0.3 is 0 Å². The van der Waals surface area contributed by atoms with Crippen molar-refractivity contribution in [1.29, 1.82) is 0 Å². The molecule has 0 radical (unpaired) electrons. The molecule has 174 valence electrons. The maximum absolute atomic E-state index is 13.5. The van der Waals surface area contributed by atoms with Crippen LogP contribution in [0.2, 0.25) is 0 Å². The average Bonchev–Trinajstić information content (AvgIpc) is 3.24. The summed E-state index contributed by atoms with van der Waals surface area (Å²) in [6.45, 7) is 3.26.